The quantitative estimate of drug-likeness (QED) is 0.561. The molecule has 0 spiro atoms. The summed E-state index contributed by atoms with van der Waals surface area (Å²) in [6.45, 7) is 4.97. The standard InChI is InChI=1S/C20H23BrN6O3/c1-4-30-17-15(21)9-13(10-16(17)29-3)20(28)27-7-5-26(6-8-27)19-14-11-24-25(2)18(14)22-12-23-19/h9-12H,4-8H2,1-3H3. The van der Waals surface area contributed by atoms with Crippen LogP contribution in [-0.2, 0) is 7.05 Å². The highest BCUT2D eigenvalue weighted by atomic mass is 79.9. The lowest BCUT2D eigenvalue weighted by Crippen LogP contribution is -2.49. The van der Waals surface area contributed by atoms with Gasteiger partial charge in [-0.3, -0.25) is 9.48 Å². The predicted molar refractivity (Wildman–Crippen MR) is 116 cm³/mol. The number of carbonyl (C=O) groups excluding carboxylic acids is 1. The van der Waals surface area contributed by atoms with Crippen LogP contribution in [0.15, 0.2) is 29.1 Å². The van der Waals surface area contributed by atoms with E-state index in [1.807, 2.05) is 18.9 Å². The summed E-state index contributed by atoms with van der Waals surface area (Å²) in [5.41, 5.74) is 1.36. The molecule has 3 aromatic rings. The topological polar surface area (TPSA) is 85.6 Å². The Balaban J connectivity index is 1.50. The van der Waals surface area contributed by atoms with Crippen molar-refractivity contribution in [2.24, 2.45) is 7.05 Å². The molecule has 0 atom stereocenters. The Morgan fingerprint density at radius 1 is 1.20 bits per heavy atom. The van der Waals surface area contributed by atoms with Gasteiger partial charge in [-0.05, 0) is 35.0 Å². The maximum atomic E-state index is 13.1. The van der Waals surface area contributed by atoms with Crippen molar-refractivity contribution >= 4 is 38.7 Å². The number of fused-ring (bicyclic) bond motifs is 1. The largest absolute Gasteiger partial charge is 0.493 e. The number of ether oxygens (including phenoxy) is 2. The number of anilines is 1. The second-order valence-electron chi connectivity index (χ2n) is 6.90. The molecule has 0 bridgehead atoms. The maximum absolute atomic E-state index is 13.1. The lowest BCUT2D eigenvalue weighted by molar-refractivity contribution is 0.0746. The lowest BCUT2D eigenvalue weighted by Gasteiger charge is -2.35. The number of amides is 1. The summed E-state index contributed by atoms with van der Waals surface area (Å²) in [6, 6.07) is 3.51. The van der Waals surface area contributed by atoms with Crippen LogP contribution in [-0.4, -0.2) is 70.5 Å². The lowest BCUT2D eigenvalue weighted by atomic mass is 10.1. The molecule has 0 saturated carbocycles. The monoisotopic (exact) mass is 474 g/mol. The van der Waals surface area contributed by atoms with Crippen molar-refractivity contribution < 1.29 is 14.3 Å². The van der Waals surface area contributed by atoms with Crippen LogP contribution in [0.1, 0.15) is 17.3 Å². The summed E-state index contributed by atoms with van der Waals surface area (Å²) in [6.07, 6.45) is 3.34. The van der Waals surface area contributed by atoms with E-state index >= 15 is 0 Å². The van der Waals surface area contributed by atoms with Crippen molar-refractivity contribution in [3.05, 3.63) is 34.7 Å². The van der Waals surface area contributed by atoms with Crippen molar-refractivity contribution in [1.29, 1.82) is 0 Å². The van der Waals surface area contributed by atoms with Gasteiger partial charge in [-0.1, -0.05) is 0 Å². The first-order valence-corrected chi connectivity index (χ1v) is 10.5. The normalized spacial score (nSPS) is 14.3. The van der Waals surface area contributed by atoms with Gasteiger partial charge in [0.25, 0.3) is 5.91 Å². The Kier molecular flexibility index (Phi) is 5.76. The van der Waals surface area contributed by atoms with E-state index in [1.165, 1.54) is 0 Å². The number of hydrogen-bond acceptors (Lipinski definition) is 7. The zero-order valence-electron chi connectivity index (χ0n) is 17.1. The van der Waals surface area contributed by atoms with Crippen LogP contribution in [0.5, 0.6) is 11.5 Å². The van der Waals surface area contributed by atoms with E-state index in [9.17, 15) is 4.79 Å². The van der Waals surface area contributed by atoms with Gasteiger partial charge in [0.05, 0.1) is 29.8 Å². The summed E-state index contributed by atoms with van der Waals surface area (Å²) >= 11 is 3.49. The van der Waals surface area contributed by atoms with Gasteiger partial charge in [-0.25, -0.2) is 9.97 Å². The number of benzene rings is 1. The molecule has 1 saturated heterocycles. The molecule has 3 heterocycles. The zero-order valence-corrected chi connectivity index (χ0v) is 18.7. The molecule has 1 aromatic carbocycles. The zero-order chi connectivity index (χ0) is 21.3. The third-order valence-electron chi connectivity index (χ3n) is 5.14. The Bertz CT molecular complexity index is 1080. The smallest absolute Gasteiger partial charge is 0.254 e. The highest BCUT2D eigenvalue weighted by molar-refractivity contribution is 9.10. The minimum absolute atomic E-state index is 0.0362. The summed E-state index contributed by atoms with van der Waals surface area (Å²) in [5, 5.41) is 5.19. The molecule has 2 aromatic heterocycles. The molecule has 0 aliphatic carbocycles. The third-order valence-corrected chi connectivity index (χ3v) is 5.73. The number of hydrogen-bond donors (Lipinski definition) is 0. The number of methoxy groups -OCH3 is 1. The first-order valence-electron chi connectivity index (χ1n) is 9.70. The minimum Gasteiger partial charge on any atom is -0.493 e. The number of rotatable bonds is 5. The molecule has 1 aliphatic heterocycles. The average molecular weight is 475 g/mol. The molecule has 0 unspecified atom stereocenters. The molecular formula is C20H23BrN6O3. The molecular weight excluding hydrogens is 452 g/mol. The molecule has 0 radical (unpaired) electrons. The van der Waals surface area contributed by atoms with Crippen LogP contribution in [0, 0.1) is 0 Å². The van der Waals surface area contributed by atoms with Gasteiger partial charge in [0.1, 0.15) is 12.1 Å². The fourth-order valence-corrected chi connectivity index (χ4v) is 4.19. The third kappa shape index (κ3) is 3.67. The van der Waals surface area contributed by atoms with Crippen LogP contribution in [0.4, 0.5) is 5.82 Å². The van der Waals surface area contributed by atoms with Gasteiger partial charge < -0.3 is 19.3 Å². The second kappa shape index (κ2) is 8.47. The highest BCUT2D eigenvalue weighted by Crippen LogP contribution is 2.37. The molecule has 9 nitrogen and oxygen atoms in total. The summed E-state index contributed by atoms with van der Waals surface area (Å²) in [7, 11) is 3.43. The van der Waals surface area contributed by atoms with Crippen LogP contribution >= 0.6 is 15.9 Å². The van der Waals surface area contributed by atoms with Gasteiger partial charge in [0, 0.05) is 38.8 Å². The van der Waals surface area contributed by atoms with Crippen molar-refractivity contribution in [2.45, 2.75) is 6.92 Å². The Morgan fingerprint density at radius 2 is 1.97 bits per heavy atom. The molecule has 30 heavy (non-hydrogen) atoms. The van der Waals surface area contributed by atoms with Crippen molar-refractivity contribution in [1.82, 2.24) is 24.6 Å². The number of aryl methyl sites for hydroxylation is 1. The SMILES string of the molecule is CCOc1c(Br)cc(C(=O)N2CCN(c3ncnc4c3cnn4C)CC2)cc1OC. The molecule has 1 aliphatic rings. The van der Waals surface area contributed by atoms with Crippen molar-refractivity contribution in [3.8, 4) is 11.5 Å². The number of piperazine rings is 1. The molecule has 0 N–H and O–H groups in total. The van der Waals surface area contributed by atoms with E-state index in [2.05, 4.69) is 35.9 Å². The predicted octanol–water partition coefficient (Wildman–Crippen LogP) is 2.50. The first-order chi connectivity index (χ1) is 14.5. The van der Waals surface area contributed by atoms with Gasteiger partial charge in [0.15, 0.2) is 17.1 Å². The van der Waals surface area contributed by atoms with Gasteiger partial charge in [-0.15, -0.1) is 0 Å². The highest BCUT2D eigenvalue weighted by Gasteiger charge is 2.26. The van der Waals surface area contributed by atoms with E-state index in [0.29, 0.717) is 54.3 Å². The molecule has 1 amide bonds. The van der Waals surface area contributed by atoms with E-state index < -0.39 is 0 Å². The summed E-state index contributed by atoms with van der Waals surface area (Å²) in [5.74, 6) is 1.95. The number of nitrogens with zero attached hydrogens (tertiary/aromatic N) is 6. The van der Waals surface area contributed by atoms with Crippen LogP contribution in [0.25, 0.3) is 11.0 Å². The van der Waals surface area contributed by atoms with Crippen molar-refractivity contribution in [3.63, 3.8) is 0 Å². The van der Waals surface area contributed by atoms with E-state index in [1.54, 1.807) is 36.4 Å². The number of aromatic nitrogens is 4. The minimum atomic E-state index is -0.0362. The fourth-order valence-electron chi connectivity index (χ4n) is 3.63. The van der Waals surface area contributed by atoms with Gasteiger partial charge in [0.2, 0.25) is 0 Å². The fraction of sp³-hybridized carbons (Fsp3) is 0.400. The maximum Gasteiger partial charge on any atom is 0.254 e. The first kappa shape index (κ1) is 20.4. The van der Waals surface area contributed by atoms with Crippen LogP contribution < -0.4 is 14.4 Å². The Morgan fingerprint density at radius 3 is 2.67 bits per heavy atom. The van der Waals surface area contributed by atoms with Crippen molar-refractivity contribution in [2.75, 3.05) is 44.8 Å². The molecule has 1 fully saturated rings. The summed E-state index contributed by atoms with van der Waals surface area (Å²) in [4.78, 5) is 25.9. The summed E-state index contributed by atoms with van der Waals surface area (Å²) < 4.78 is 13.5. The number of carbonyl (C=O) groups is 1. The Labute approximate surface area is 182 Å². The van der Waals surface area contributed by atoms with Crippen LogP contribution in [0.2, 0.25) is 0 Å². The van der Waals surface area contributed by atoms with Gasteiger partial charge >= 0.3 is 0 Å². The molecule has 4 rings (SSSR count). The van der Waals surface area contributed by atoms with Crippen LogP contribution in [0.3, 0.4) is 0 Å². The van der Waals surface area contributed by atoms with E-state index in [4.69, 9.17) is 9.47 Å². The number of halogens is 1. The Hall–Kier alpha value is -2.88. The second-order valence-corrected chi connectivity index (χ2v) is 7.76. The average Bonchev–Trinajstić information content (AvgIpc) is 3.15. The van der Waals surface area contributed by atoms with E-state index in [-0.39, 0.29) is 5.91 Å². The molecule has 158 valence electrons. The molecule has 10 heteroatoms. The van der Waals surface area contributed by atoms with E-state index in [0.717, 1.165) is 16.9 Å². The van der Waals surface area contributed by atoms with Gasteiger partial charge in [-0.2, -0.15) is 5.10 Å².